The third-order valence-electron chi connectivity index (χ3n) is 3.16. The molecule has 1 atom stereocenters. The molecule has 0 fully saturated rings. The highest BCUT2D eigenvalue weighted by Crippen LogP contribution is 2.57. The number of halogens is 6. The molecule has 0 aliphatic rings. The molecule has 0 bridgehead atoms. The molecule has 7 heteroatoms. The van der Waals surface area contributed by atoms with Crippen molar-refractivity contribution in [2.75, 3.05) is 0 Å². The van der Waals surface area contributed by atoms with E-state index in [1.165, 1.54) is 12.1 Å². The van der Waals surface area contributed by atoms with Crippen molar-refractivity contribution < 1.29 is 27.1 Å². The Bertz CT molecular complexity index is 492. The quantitative estimate of drug-likeness (QED) is 0.779. The van der Waals surface area contributed by atoms with Gasteiger partial charge in [-0.1, -0.05) is 50.6 Å². The Balaban J connectivity index is 3.69. The molecule has 1 N–H and O–H groups in total. The predicted octanol–water partition coefficient (Wildman–Crippen LogP) is 4.77. The van der Waals surface area contributed by atoms with E-state index in [1.54, 1.807) is 0 Å². The van der Waals surface area contributed by atoms with Gasteiger partial charge in [0.25, 0.3) is 0 Å². The zero-order valence-corrected chi connectivity index (χ0v) is 11.8. The van der Waals surface area contributed by atoms with Gasteiger partial charge in [0.1, 0.15) is 0 Å². The van der Waals surface area contributed by atoms with Gasteiger partial charge in [0.15, 0.2) is 5.60 Å². The first-order valence-electron chi connectivity index (χ1n) is 5.68. The van der Waals surface area contributed by atoms with Gasteiger partial charge in [-0.05, 0) is 6.07 Å². The fourth-order valence-corrected chi connectivity index (χ4v) is 2.28. The van der Waals surface area contributed by atoms with Crippen molar-refractivity contribution >= 4 is 11.6 Å². The number of hydrogen-bond donors (Lipinski definition) is 1. The fraction of sp³-hybridized carbons (Fsp3) is 0.538. The van der Waals surface area contributed by atoms with Crippen LogP contribution in [-0.4, -0.2) is 17.2 Å². The van der Waals surface area contributed by atoms with E-state index in [-0.39, 0.29) is 5.02 Å². The van der Waals surface area contributed by atoms with Gasteiger partial charge in [0.2, 0.25) is 0 Å². The van der Waals surface area contributed by atoms with E-state index in [0.717, 1.165) is 32.9 Å². The summed E-state index contributed by atoms with van der Waals surface area (Å²) in [5, 5.41) is 9.96. The van der Waals surface area contributed by atoms with E-state index in [0.29, 0.717) is 0 Å². The molecular formula is C13H14ClF5O. The average molecular weight is 317 g/mol. The summed E-state index contributed by atoms with van der Waals surface area (Å²) in [6.07, 6.45) is -5.91. The van der Waals surface area contributed by atoms with Gasteiger partial charge in [0, 0.05) is 16.0 Å². The lowest BCUT2D eigenvalue weighted by Crippen LogP contribution is -2.61. The first-order valence-corrected chi connectivity index (χ1v) is 6.06. The SMILES string of the molecule is CC(C)(C)C(O)(c1ccccc1Cl)C(F)(F)C(F)(F)F. The highest BCUT2D eigenvalue weighted by molar-refractivity contribution is 6.31. The Labute approximate surface area is 118 Å². The number of hydrogen-bond acceptors (Lipinski definition) is 1. The molecule has 20 heavy (non-hydrogen) atoms. The minimum atomic E-state index is -5.91. The summed E-state index contributed by atoms with van der Waals surface area (Å²) >= 11 is 5.71. The van der Waals surface area contributed by atoms with Gasteiger partial charge in [-0.25, -0.2) is 0 Å². The molecule has 1 aromatic carbocycles. The van der Waals surface area contributed by atoms with Crippen molar-refractivity contribution in [1.82, 2.24) is 0 Å². The first-order chi connectivity index (χ1) is 8.77. The monoisotopic (exact) mass is 316 g/mol. The van der Waals surface area contributed by atoms with Crippen LogP contribution >= 0.6 is 11.6 Å². The van der Waals surface area contributed by atoms with Crippen molar-refractivity contribution in [2.45, 2.75) is 38.5 Å². The number of benzene rings is 1. The van der Waals surface area contributed by atoms with Crippen LogP contribution in [0.25, 0.3) is 0 Å². The maximum Gasteiger partial charge on any atom is 0.456 e. The van der Waals surface area contributed by atoms with E-state index in [1.807, 2.05) is 0 Å². The van der Waals surface area contributed by atoms with Gasteiger partial charge in [-0.15, -0.1) is 0 Å². The highest BCUT2D eigenvalue weighted by atomic mass is 35.5. The van der Waals surface area contributed by atoms with E-state index < -0.39 is 28.7 Å². The Kier molecular flexibility index (Phi) is 4.16. The number of rotatable bonds is 2. The third kappa shape index (κ3) is 2.39. The molecule has 0 radical (unpaired) electrons. The predicted molar refractivity (Wildman–Crippen MR) is 65.8 cm³/mol. The molecule has 114 valence electrons. The lowest BCUT2D eigenvalue weighted by molar-refractivity contribution is -0.366. The van der Waals surface area contributed by atoms with E-state index in [9.17, 15) is 27.1 Å². The Hall–Kier alpha value is -0.880. The van der Waals surface area contributed by atoms with E-state index in [4.69, 9.17) is 11.6 Å². The minimum Gasteiger partial charge on any atom is -0.378 e. The van der Waals surface area contributed by atoms with Crippen molar-refractivity contribution in [3.63, 3.8) is 0 Å². The van der Waals surface area contributed by atoms with Crippen LogP contribution in [0.5, 0.6) is 0 Å². The molecular weight excluding hydrogens is 303 g/mol. The highest BCUT2D eigenvalue weighted by Gasteiger charge is 2.74. The molecule has 0 heterocycles. The molecule has 0 aromatic heterocycles. The van der Waals surface area contributed by atoms with Crippen LogP contribution in [-0.2, 0) is 5.60 Å². The maximum absolute atomic E-state index is 13.9. The van der Waals surface area contributed by atoms with Gasteiger partial charge in [-0.2, -0.15) is 22.0 Å². The van der Waals surface area contributed by atoms with Gasteiger partial charge in [0.05, 0.1) is 0 Å². The molecule has 1 rings (SSSR count). The third-order valence-corrected chi connectivity index (χ3v) is 3.49. The lowest BCUT2D eigenvalue weighted by atomic mass is 9.68. The normalized spacial score (nSPS) is 16.9. The van der Waals surface area contributed by atoms with E-state index in [2.05, 4.69) is 0 Å². The van der Waals surface area contributed by atoms with Crippen LogP contribution in [0.2, 0.25) is 5.02 Å². The Morgan fingerprint density at radius 3 is 1.75 bits per heavy atom. The van der Waals surface area contributed by atoms with Crippen LogP contribution in [0, 0.1) is 5.41 Å². The largest absolute Gasteiger partial charge is 0.456 e. The summed E-state index contributed by atoms with van der Waals surface area (Å²) in [4.78, 5) is 0. The van der Waals surface area contributed by atoms with E-state index >= 15 is 0 Å². The van der Waals surface area contributed by atoms with Crippen LogP contribution < -0.4 is 0 Å². The summed E-state index contributed by atoms with van der Waals surface area (Å²) in [6, 6.07) is 4.73. The Morgan fingerprint density at radius 1 is 0.950 bits per heavy atom. The summed E-state index contributed by atoms with van der Waals surface area (Å²) in [7, 11) is 0. The lowest BCUT2D eigenvalue weighted by Gasteiger charge is -2.46. The smallest absolute Gasteiger partial charge is 0.378 e. The van der Waals surface area contributed by atoms with Crippen LogP contribution in [0.15, 0.2) is 24.3 Å². The molecule has 1 aromatic rings. The Morgan fingerprint density at radius 2 is 1.40 bits per heavy atom. The van der Waals surface area contributed by atoms with Gasteiger partial charge >= 0.3 is 12.1 Å². The van der Waals surface area contributed by atoms with Crippen LogP contribution in [0.1, 0.15) is 26.3 Å². The maximum atomic E-state index is 13.9. The zero-order chi connectivity index (χ0) is 16.0. The summed E-state index contributed by atoms with van der Waals surface area (Å²) in [5.74, 6) is -5.36. The zero-order valence-electron chi connectivity index (χ0n) is 11.0. The molecule has 1 unspecified atom stereocenters. The van der Waals surface area contributed by atoms with Crippen molar-refractivity contribution in [1.29, 1.82) is 0 Å². The molecule has 0 spiro atoms. The second-order valence-electron chi connectivity index (χ2n) is 5.51. The number of alkyl halides is 5. The van der Waals surface area contributed by atoms with Gasteiger partial charge < -0.3 is 5.11 Å². The molecule has 0 amide bonds. The van der Waals surface area contributed by atoms with Crippen molar-refractivity contribution in [2.24, 2.45) is 5.41 Å². The molecule has 0 aliphatic carbocycles. The summed E-state index contributed by atoms with van der Waals surface area (Å²) in [6.45, 7) is 3.28. The fourth-order valence-electron chi connectivity index (χ4n) is 2.00. The van der Waals surface area contributed by atoms with Gasteiger partial charge in [-0.3, -0.25) is 0 Å². The average Bonchev–Trinajstić information content (AvgIpc) is 2.25. The minimum absolute atomic E-state index is 0.353. The standard InChI is InChI=1S/C13H14ClF5O/c1-10(2,3)11(20,12(15,16)13(17,18)19)8-6-4-5-7-9(8)14/h4-7,20H,1-3H3. The first kappa shape index (κ1) is 17.2. The van der Waals surface area contributed by atoms with Crippen LogP contribution in [0.3, 0.4) is 0 Å². The molecule has 0 aliphatic heterocycles. The van der Waals surface area contributed by atoms with Crippen LogP contribution in [0.4, 0.5) is 22.0 Å². The molecule has 0 saturated heterocycles. The second kappa shape index (κ2) is 4.84. The molecule has 1 nitrogen and oxygen atoms in total. The summed E-state index contributed by atoms with van der Waals surface area (Å²) in [5.41, 5.74) is -5.95. The molecule has 0 saturated carbocycles. The topological polar surface area (TPSA) is 20.2 Å². The summed E-state index contributed by atoms with van der Waals surface area (Å²) < 4.78 is 66.0. The number of aliphatic hydroxyl groups is 1. The second-order valence-corrected chi connectivity index (χ2v) is 5.92. The van der Waals surface area contributed by atoms with Crippen molar-refractivity contribution in [3.8, 4) is 0 Å². The van der Waals surface area contributed by atoms with Crippen molar-refractivity contribution in [3.05, 3.63) is 34.9 Å².